The minimum absolute atomic E-state index is 0.758. The number of aromatic nitrogens is 1. The maximum atomic E-state index is 4.74. The van der Waals surface area contributed by atoms with E-state index in [2.05, 4.69) is 40.4 Å². The molecule has 1 aliphatic rings. The quantitative estimate of drug-likeness (QED) is 0.567. The van der Waals surface area contributed by atoms with Crippen molar-refractivity contribution in [2.45, 2.75) is 52.0 Å². The largest absolute Gasteiger partial charge is 0.357 e. The molecule has 2 heterocycles. The van der Waals surface area contributed by atoms with E-state index in [-0.39, 0.29) is 0 Å². The van der Waals surface area contributed by atoms with Crippen LogP contribution < -0.4 is 10.6 Å². The topological polar surface area (TPSA) is 52.6 Å². The summed E-state index contributed by atoms with van der Waals surface area (Å²) >= 11 is 0. The Morgan fingerprint density at radius 1 is 1.29 bits per heavy atom. The minimum atomic E-state index is 0.758. The van der Waals surface area contributed by atoms with Gasteiger partial charge in [0.15, 0.2) is 5.96 Å². The molecule has 0 saturated carbocycles. The highest BCUT2D eigenvalue weighted by Crippen LogP contribution is 2.18. The van der Waals surface area contributed by atoms with Crippen molar-refractivity contribution in [3.8, 4) is 0 Å². The van der Waals surface area contributed by atoms with Crippen molar-refractivity contribution in [3.63, 3.8) is 0 Å². The molecule has 0 radical (unpaired) electrons. The van der Waals surface area contributed by atoms with Gasteiger partial charge in [-0.05, 0) is 44.9 Å². The summed E-state index contributed by atoms with van der Waals surface area (Å²) in [7, 11) is 0. The third kappa shape index (κ3) is 6.48. The van der Waals surface area contributed by atoms with Gasteiger partial charge in [0.05, 0.1) is 6.54 Å². The Bertz CT molecular complexity index is 474. The van der Waals surface area contributed by atoms with Crippen LogP contribution in [0, 0.1) is 0 Å². The fraction of sp³-hybridized carbons (Fsp3) is 0.684. The van der Waals surface area contributed by atoms with Crippen LogP contribution in [0.15, 0.2) is 29.4 Å². The molecule has 1 aromatic rings. The zero-order chi connectivity index (χ0) is 17.0. The molecular formula is C19H33N5. The van der Waals surface area contributed by atoms with E-state index in [1.165, 1.54) is 32.2 Å². The molecule has 2 rings (SSSR count). The van der Waals surface area contributed by atoms with E-state index in [0.29, 0.717) is 0 Å². The molecule has 2 N–H and O–H groups in total. The second kappa shape index (κ2) is 11.0. The summed E-state index contributed by atoms with van der Waals surface area (Å²) in [4.78, 5) is 11.7. The van der Waals surface area contributed by atoms with Crippen molar-refractivity contribution in [2.75, 3.05) is 32.7 Å². The number of guanidine groups is 1. The monoisotopic (exact) mass is 331 g/mol. The van der Waals surface area contributed by atoms with Gasteiger partial charge >= 0.3 is 0 Å². The van der Waals surface area contributed by atoms with E-state index in [1.54, 1.807) is 0 Å². The zero-order valence-corrected chi connectivity index (χ0v) is 15.3. The molecule has 1 fully saturated rings. The second-order valence-corrected chi connectivity index (χ2v) is 6.35. The molecule has 5 heteroatoms. The van der Waals surface area contributed by atoms with Gasteiger partial charge in [-0.1, -0.05) is 19.4 Å². The number of piperidine rings is 1. The number of aliphatic imine (C=N–C) groups is 1. The average Bonchev–Trinajstić information content (AvgIpc) is 2.63. The third-order valence-electron chi connectivity index (χ3n) is 4.62. The van der Waals surface area contributed by atoms with E-state index < -0.39 is 0 Å². The Morgan fingerprint density at radius 3 is 2.96 bits per heavy atom. The van der Waals surface area contributed by atoms with Crippen molar-refractivity contribution in [3.05, 3.63) is 30.1 Å². The molecule has 5 nitrogen and oxygen atoms in total. The maximum Gasteiger partial charge on any atom is 0.191 e. The Labute approximate surface area is 147 Å². The Balaban J connectivity index is 1.75. The number of pyridine rings is 1. The lowest BCUT2D eigenvalue weighted by Gasteiger charge is -2.34. The van der Waals surface area contributed by atoms with Crippen LogP contribution >= 0.6 is 0 Å². The molecule has 0 aromatic carbocycles. The lowest BCUT2D eigenvalue weighted by molar-refractivity contribution is 0.148. The smallest absolute Gasteiger partial charge is 0.191 e. The summed E-state index contributed by atoms with van der Waals surface area (Å²) in [5.74, 6) is 0.915. The van der Waals surface area contributed by atoms with Crippen LogP contribution in [-0.2, 0) is 6.42 Å². The molecular weight excluding hydrogens is 298 g/mol. The number of rotatable bonds is 8. The van der Waals surface area contributed by atoms with Gasteiger partial charge in [-0.25, -0.2) is 0 Å². The molecule has 0 amide bonds. The Hall–Kier alpha value is -1.62. The lowest BCUT2D eigenvalue weighted by atomic mass is 10.0. The first kappa shape index (κ1) is 18.7. The van der Waals surface area contributed by atoms with Gasteiger partial charge in [-0.15, -0.1) is 0 Å². The zero-order valence-electron chi connectivity index (χ0n) is 15.3. The predicted molar refractivity (Wildman–Crippen MR) is 101 cm³/mol. The van der Waals surface area contributed by atoms with Crippen LogP contribution in [-0.4, -0.2) is 54.6 Å². The van der Waals surface area contributed by atoms with Crippen LogP contribution in [0.2, 0.25) is 0 Å². The highest BCUT2D eigenvalue weighted by atomic mass is 15.2. The Morgan fingerprint density at radius 2 is 2.21 bits per heavy atom. The second-order valence-electron chi connectivity index (χ2n) is 6.35. The van der Waals surface area contributed by atoms with Gasteiger partial charge in [-0.3, -0.25) is 14.9 Å². The van der Waals surface area contributed by atoms with E-state index >= 15 is 0 Å². The van der Waals surface area contributed by atoms with E-state index in [9.17, 15) is 0 Å². The van der Waals surface area contributed by atoms with Crippen LogP contribution in [0.3, 0.4) is 0 Å². The SMILES string of the molecule is CCNC(=NCCN1CCCCC1CC)NCCc1ccccn1. The van der Waals surface area contributed by atoms with Crippen LogP contribution in [0.5, 0.6) is 0 Å². The molecule has 24 heavy (non-hydrogen) atoms. The number of nitrogens with zero attached hydrogens (tertiary/aromatic N) is 3. The van der Waals surface area contributed by atoms with Crippen LogP contribution in [0.25, 0.3) is 0 Å². The molecule has 1 saturated heterocycles. The maximum absolute atomic E-state index is 4.74. The van der Waals surface area contributed by atoms with Crippen molar-refractivity contribution < 1.29 is 0 Å². The number of likely N-dealkylation sites (tertiary alicyclic amines) is 1. The molecule has 134 valence electrons. The number of hydrogen-bond donors (Lipinski definition) is 2. The highest BCUT2D eigenvalue weighted by molar-refractivity contribution is 5.79. The molecule has 1 atom stereocenters. The van der Waals surface area contributed by atoms with Crippen molar-refractivity contribution >= 4 is 5.96 Å². The fourth-order valence-corrected chi connectivity index (χ4v) is 3.30. The van der Waals surface area contributed by atoms with Gasteiger partial charge < -0.3 is 10.6 Å². The van der Waals surface area contributed by atoms with E-state index in [4.69, 9.17) is 4.99 Å². The summed E-state index contributed by atoms with van der Waals surface area (Å²) in [6.07, 6.45) is 8.08. The summed E-state index contributed by atoms with van der Waals surface area (Å²) in [5.41, 5.74) is 1.11. The van der Waals surface area contributed by atoms with Gasteiger partial charge in [0, 0.05) is 44.0 Å². The first-order valence-electron chi connectivity index (χ1n) is 9.49. The van der Waals surface area contributed by atoms with Crippen LogP contribution in [0.1, 0.15) is 45.2 Å². The summed E-state index contributed by atoms with van der Waals surface area (Å²) in [5, 5.41) is 6.74. The lowest BCUT2D eigenvalue weighted by Crippen LogP contribution is -2.42. The predicted octanol–water partition coefficient (Wildman–Crippen LogP) is 2.44. The Kier molecular flexibility index (Phi) is 8.60. The minimum Gasteiger partial charge on any atom is -0.357 e. The van der Waals surface area contributed by atoms with Crippen molar-refractivity contribution in [1.82, 2.24) is 20.5 Å². The molecule has 0 bridgehead atoms. The van der Waals surface area contributed by atoms with Gasteiger partial charge in [-0.2, -0.15) is 0 Å². The molecule has 1 aromatic heterocycles. The third-order valence-corrected chi connectivity index (χ3v) is 4.62. The van der Waals surface area contributed by atoms with Gasteiger partial charge in [0.1, 0.15) is 0 Å². The molecule has 1 aliphatic heterocycles. The highest BCUT2D eigenvalue weighted by Gasteiger charge is 2.19. The summed E-state index contributed by atoms with van der Waals surface area (Å²) < 4.78 is 0. The fourth-order valence-electron chi connectivity index (χ4n) is 3.30. The normalized spacial score (nSPS) is 19.2. The molecule has 1 unspecified atom stereocenters. The van der Waals surface area contributed by atoms with E-state index in [0.717, 1.165) is 50.3 Å². The van der Waals surface area contributed by atoms with Crippen LogP contribution in [0.4, 0.5) is 0 Å². The molecule has 0 spiro atoms. The van der Waals surface area contributed by atoms with Gasteiger partial charge in [0.25, 0.3) is 0 Å². The standard InChI is InChI=1S/C19H33N5/c1-3-18-10-6-8-15-24(18)16-14-23-19(20-4-2)22-13-11-17-9-5-7-12-21-17/h5,7,9,12,18H,3-4,6,8,10-11,13-16H2,1-2H3,(H2,20,22,23). The van der Waals surface area contributed by atoms with E-state index in [1.807, 2.05) is 18.3 Å². The number of nitrogens with one attached hydrogen (secondary N) is 2. The first-order chi connectivity index (χ1) is 11.8. The van der Waals surface area contributed by atoms with Crippen molar-refractivity contribution in [1.29, 1.82) is 0 Å². The summed E-state index contributed by atoms with van der Waals surface area (Å²) in [6, 6.07) is 6.80. The summed E-state index contributed by atoms with van der Waals surface area (Å²) in [6.45, 7) is 9.30. The molecule has 0 aliphatic carbocycles. The van der Waals surface area contributed by atoms with Crippen molar-refractivity contribution in [2.24, 2.45) is 4.99 Å². The average molecular weight is 332 g/mol. The number of hydrogen-bond acceptors (Lipinski definition) is 3. The first-order valence-corrected chi connectivity index (χ1v) is 9.49. The van der Waals surface area contributed by atoms with Gasteiger partial charge in [0.2, 0.25) is 0 Å².